The van der Waals surface area contributed by atoms with E-state index >= 15 is 0 Å². The van der Waals surface area contributed by atoms with Crippen molar-refractivity contribution in [2.45, 2.75) is 25.0 Å². The molecule has 1 aliphatic rings. The Morgan fingerprint density at radius 1 is 1.33 bits per heavy atom. The monoisotopic (exact) mass is 221 g/mol. The van der Waals surface area contributed by atoms with Crippen molar-refractivity contribution in [1.29, 1.82) is 0 Å². The summed E-state index contributed by atoms with van der Waals surface area (Å²) in [5.41, 5.74) is 2.82. The fourth-order valence-corrected chi connectivity index (χ4v) is 3.08. The van der Waals surface area contributed by atoms with Crippen LogP contribution in [0.25, 0.3) is 0 Å². The fourth-order valence-electron chi connectivity index (χ4n) is 1.87. The van der Waals surface area contributed by atoms with Gasteiger partial charge >= 0.3 is 0 Å². The number of hydrogen-bond acceptors (Lipinski definition) is 2. The van der Waals surface area contributed by atoms with E-state index in [-0.39, 0.29) is 0 Å². The molecule has 1 unspecified atom stereocenters. The first-order valence-electron chi connectivity index (χ1n) is 5.72. The lowest BCUT2D eigenvalue weighted by Crippen LogP contribution is -2.10. The Morgan fingerprint density at radius 2 is 2.13 bits per heavy atom. The van der Waals surface area contributed by atoms with Crippen LogP contribution in [-0.2, 0) is 6.42 Å². The van der Waals surface area contributed by atoms with Gasteiger partial charge in [0, 0.05) is 11.8 Å². The highest BCUT2D eigenvalue weighted by Crippen LogP contribution is 2.18. The molecular weight excluding hydrogens is 202 g/mol. The van der Waals surface area contributed by atoms with Crippen molar-refractivity contribution in [3.8, 4) is 0 Å². The SMILES string of the molecule is Cc1ccc(CCSC2CCNC2)cc1. The highest BCUT2D eigenvalue weighted by atomic mass is 32.2. The summed E-state index contributed by atoms with van der Waals surface area (Å²) in [4.78, 5) is 0. The van der Waals surface area contributed by atoms with Gasteiger partial charge in [-0.1, -0.05) is 29.8 Å². The molecule has 0 aromatic heterocycles. The molecule has 1 atom stereocenters. The Bertz CT molecular complexity index is 288. The molecule has 1 N–H and O–H groups in total. The van der Waals surface area contributed by atoms with E-state index < -0.39 is 0 Å². The van der Waals surface area contributed by atoms with Crippen LogP contribution < -0.4 is 5.32 Å². The van der Waals surface area contributed by atoms with Crippen LogP contribution in [0.3, 0.4) is 0 Å². The van der Waals surface area contributed by atoms with Gasteiger partial charge in [0.05, 0.1) is 0 Å². The topological polar surface area (TPSA) is 12.0 Å². The minimum Gasteiger partial charge on any atom is -0.316 e. The molecule has 1 nitrogen and oxygen atoms in total. The zero-order valence-electron chi connectivity index (χ0n) is 9.33. The van der Waals surface area contributed by atoms with Gasteiger partial charge in [-0.05, 0) is 37.6 Å². The van der Waals surface area contributed by atoms with Crippen LogP contribution in [-0.4, -0.2) is 24.1 Å². The van der Waals surface area contributed by atoms with Gasteiger partial charge in [-0.2, -0.15) is 11.8 Å². The zero-order valence-corrected chi connectivity index (χ0v) is 10.1. The van der Waals surface area contributed by atoms with Crippen molar-refractivity contribution in [2.75, 3.05) is 18.8 Å². The summed E-state index contributed by atoms with van der Waals surface area (Å²) in [5.74, 6) is 1.26. The standard InChI is InChI=1S/C13H19NS/c1-11-2-4-12(5-3-11)7-9-15-13-6-8-14-10-13/h2-5,13-14H,6-10H2,1H3. The highest BCUT2D eigenvalue weighted by molar-refractivity contribution is 7.99. The molecule has 1 saturated heterocycles. The van der Waals surface area contributed by atoms with Crippen molar-refractivity contribution < 1.29 is 0 Å². The van der Waals surface area contributed by atoms with Crippen molar-refractivity contribution >= 4 is 11.8 Å². The van der Waals surface area contributed by atoms with E-state index in [1.54, 1.807) is 0 Å². The van der Waals surface area contributed by atoms with Crippen LogP contribution in [0.2, 0.25) is 0 Å². The Morgan fingerprint density at radius 3 is 2.80 bits per heavy atom. The molecular formula is C13H19NS. The number of hydrogen-bond donors (Lipinski definition) is 1. The van der Waals surface area contributed by atoms with E-state index in [4.69, 9.17) is 0 Å². The lowest BCUT2D eigenvalue weighted by atomic mass is 10.1. The van der Waals surface area contributed by atoms with Gasteiger partial charge in [0.15, 0.2) is 0 Å². The quantitative estimate of drug-likeness (QED) is 0.839. The molecule has 2 heteroatoms. The Hall–Kier alpha value is -0.470. The molecule has 1 heterocycles. The van der Waals surface area contributed by atoms with Crippen molar-refractivity contribution in [3.05, 3.63) is 35.4 Å². The van der Waals surface area contributed by atoms with Crippen LogP contribution in [0.4, 0.5) is 0 Å². The van der Waals surface area contributed by atoms with Crippen LogP contribution in [0.5, 0.6) is 0 Å². The van der Waals surface area contributed by atoms with Gasteiger partial charge in [-0.25, -0.2) is 0 Å². The molecule has 15 heavy (non-hydrogen) atoms. The van der Waals surface area contributed by atoms with Crippen LogP contribution in [0.1, 0.15) is 17.5 Å². The average molecular weight is 221 g/mol. The minimum absolute atomic E-state index is 0.857. The predicted molar refractivity (Wildman–Crippen MR) is 68.6 cm³/mol. The van der Waals surface area contributed by atoms with Gasteiger partial charge in [-0.15, -0.1) is 0 Å². The molecule has 0 radical (unpaired) electrons. The maximum atomic E-state index is 3.41. The molecule has 1 aromatic rings. The first kappa shape index (κ1) is 11.0. The van der Waals surface area contributed by atoms with E-state index in [1.165, 1.54) is 42.8 Å². The molecule has 2 rings (SSSR count). The van der Waals surface area contributed by atoms with E-state index in [9.17, 15) is 0 Å². The van der Waals surface area contributed by atoms with Crippen LogP contribution >= 0.6 is 11.8 Å². The van der Waals surface area contributed by atoms with Crippen LogP contribution in [0.15, 0.2) is 24.3 Å². The third-order valence-electron chi connectivity index (χ3n) is 2.88. The molecule has 0 amide bonds. The van der Waals surface area contributed by atoms with E-state index in [0.717, 1.165) is 5.25 Å². The summed E-state index contributed by atoms with van der Waals surface area (Å²) in [6, 6.07) is 8.92. The van der Waals surface area contributed by atoms with Crippen molar-refractivity contribution in [2.24, 2.45) is 0 Å². The molecule has 0 bridgehead atoms. The Labute approximate surface area is 96.7 Å². The predicted octanol–water partition coefficient (Wildman–Crippen LogP) is 2.63. The molecule has 1 aliphatic heterocycles. The van der Waals surface area contributed by atoms with Gasteiger partial charge in [0.2, 0.25) is 0 Å². The number of thioether (sulfide) groups is 1. The Kier molecular flexibility index (Phi) is 4.09. The van der Waals surface area contributed by atoms with Gasteiger partial charge in [-0.3, -0.25) is 0 Å². The molecule has 0 aliphatic carbocycles. The molecule has 0 spiro atoms. The number of benzene rings is 1. The second-order valence-corrected chi connectivity index (χ2v) is 5.63. The fraction of sp³-hybridized carbons (Fsp3) is 0.538. The summed E-state index contributed by atoms with van der Waals surface area (Å²) in [6.45, 7) is 4.56. The van der Waals surface area contributed by atoms with Crippen molar-refractivity contribution in [3.63, 3.8) is 0 Å². The molecule has 82 valence electrons. The lowest BCUT2D eigenvalue weighted by Gasteiger charge is -2.07. The summed E-state index contributed by atoms with van der Waals surface area (Å²) < 4.78 is 0. The Balaban J connectivity index is 1.71. The molecule has 1 aromatic carbocycles. The number of aryl methyl sites for hydroxylation is 2. The van der Waals surface area contributed by atoms with Gasteiger partial charge < -0.3 is 5.32 Å². The lowest BCUT2D eigenvalue weighted by molar-refractivity contribution is 0.858. The van der Waals surface area contributed by atoms with E-state index in [1.807, 2.05) is 0 Å². The maximum absolute atomic E-state index is 3.41. The maximum Gasteiger partial charge on any atom is 0.0184 e. The third kappa shape index (κ3) is 3.54. The van der Waals surface area contributed by atoms with Crippen LogP contribution in [0, 0.1) is 6.92 Å². The molecule has 0 saturated carbocycles. The minimum atomic E-state index is 0.857. The summed E-state index contributed by atoms with van der Waals surface area (Å²) in [5, 5.41) is 4.26. The van der Waals surface area contributed by atoms with Gasteiger partial charge in [0.25, 0.3) is 0 Å². The normalized spacial score (nSPS) is 20.7. The number of rotatable bonds is 4. The second kappa shape index (κ2) is 5.57. The smallest absolute Gasteiger partial charge is 0.0184 e. The first-order valence-corrected chi connectivity index (χ1v) is 6.77. The summed E-state index contributed by atoms with van der Waals surface area (Å²) in [7, 11) is 0. The van der Waals surface area contributed by atoms with E-state index in [0.29, 0.717) is 0 Å². The third-order valence-corrected chi connectivity index (χ3v) is 4.19. The zero-order chi connectivity index (χ0) is 10.5. The van der Waals surface area contributed by atoms with Crippen molar-refractivity contribution in [1.82, 2.24) is 5.32 Å². The first-order chi connectivity index (χ1) is 7.34. The van der Waals surface area contributed by atoms with E-state index in [2.05, 4.69) is 48.3 Å². The highest BCUT2D eigenvalue weighted by Gasteiger charge is 2.13. The summed E-state index contributed by atoms with van der Waals surface area (Å²) >= 11 is 2.12. The summed E-state index contributed by atoms with van der Waals surface area (Å²) in [6.07, 6.45) is 2.56. The van der Waals surface area contributed by atoms with Gasteiger partial charge in [0.1, 0.15) is 0 Å². The average Bonchev–Trinajstić information content (AvgIpc) is 2.74. The molecule has 1 fully saturated rings. The largest absolute Gasteiger partial charge is 0.316 e. The second-order valence-electron chi connectivity index (χ2n) is 4.22. The number of nitrogens with one attached hydrogen (secondary N) is 1.